The average Bonchev–Trinajstić information content (AvgIpc) is 3.48. The summed E-state index contributed by atoms with van der Waals surface area (Å²) in [6, 6.07) is 16.2. The van der Waals surface area contributed by atoms with Gasteiger partial charge in [-0.25, -0.2) is 18.4 Å². The van der Waals surface area contributed by atoms with Crippen molar-refractivity contribution in [2.45, 2.75) is 23.8 Å². The van der Waals surface area contributed by atoms with E-state index in [1.807, 2.05) is 36.4 Å². The molecule has 8 nitrogen and oxygen atoms in total. The van der Waals surface area contributed by atoms with Gasteiger partial charge in [-0.05, 0) is 49.2 Å². The van der Waals surface area contributed by atoms with Crippen LogP contribution in [-0.4, -0.2) is 47.1 Å². The van der Waals surface area contributed by atoms with E-state index in [1.165, 1.54) is 10.4 Å². The molecule has 4 heterocycles. The predicted molar refractivity (Wildman–Crippen MR) is 128 cm³/mol. The molecule has 2 aliphatic heterocycles. The third-order valence-corrected chi connectivity index (χ3v) is 8.56. The minimum absolute atomic E-state index is 0.0365. The average molecular weight is 497 g/mol. The van der Waals surface area contributed by atoms with Crippen LogP contribution in [0.1, 0.15) is 18.9 Å². The number of aromatic nitrogens is 3. The number of sulfonamides is 1. The molecule has 0 unspecified atom stereocenters. The third kappa shape index (κ3) is 3.51. The Kier molecular flexibility index (Phi) is 5.20. The van der Waals surface area contributed by atoms with Gasteiger partial charge in [0.2, 0.25) is 16.8 Å². The van der Waals surface area contributed by atoms with Crippen LogP contribution in [0.3, 0.4) is 0 Å². The molecule has 6 rings (SSSR count). The fourth-order valence-electron chi connectivity index (χ4n) is 4.64. The fraction of sp³-hybridized carbons (Fsp3) is 0.250. The number of ether oxygens (including phenoxy) is 2. The van der Waals surface area contributed by atoms with E-state index in [0.29, 0.717) is 42.5 Å². The van der Waals surface area contributed by atoms with Gasteiger partial charge in [-0.3, -0.25) is 0 Å². The molecule has 10 heteroatoms. The highest BCUT2D eigenvalue weighted by molar-refractivity contribution is 7.89. The molecule has 0 aliphatic carbocycles. The predicted octanol–water partition coefficient (Wildman–Crippen LogP) is 4.51. The number of imidazole rings is 1. The largest absolute Gasteiger partial charge is 0.454 e. The molecular formula is C24H21ClN4O4S. The highest BCUT2D eigenvalue weighted by Crippen LogP contribution is 2.38. The van der Waals surface area contributed by atoms with Crippen molar-refractivity contribution in [3.63, 3.8) is 0 Å². The molecule has 1 saturated heterocycles. The lowest BCUT2D eigenvalue weighted by Crippen LogP contribution is -2.39. The number of nitrogens with zero attached hydrogens (tertiary/aromatic N) is 4. The maximum absolute atomic E-state index is 13.3. The summed E-state index contributed by atoms with van der Waals surface area (Å²) in [4.78, 5) is 9.62. The Morgan fingerprint density at radius 1 is 0.971 bits per heavy atom. The topological polar surface area (TPSA) is 86.6 Å². The third-order valence-electron chi connectivity index (χ3n) is 6.33. The van der Waals surface area contributed by atoms with E-state index in [2.05, 4.69) is 9.55 Å². The zero-order valence-electron chi connectivity index (χ0n) is 18.1. The van der Waals surface area contributed by atoms with Gasteiger partial charge < -0.3 is 14.0 Å². The molecule has 0 saturated carbocycles. The zero-order valence-corrected chi connectivity index (χ0v) is 19.7. The molecule has 0 N–H and O–H groups in total. The summed E-state index contributed by atoms with van der Waals surface area (Å²) in [5, 5.41) is 0.613. The van der Waals surface area contributed by atoms with Crippen LogP contribution in [0, 0.1) is 0 Å². The van der Waals surface area contributed by atoms with Crippen molar-refractivity contribution >= 4 is 32.8 Å². The van der Waals surface area contributed by atoms with Crippen LogP contribution in [0.2, 0.25) is 5.02 Å². The lowest BCUT2D eigenvalue weighted by Gasteiger charge is -2.32. The summed E-state index contributed by atoms with van der Waals surface area (Å²) >= 11 is 6.51. The lowest BCUT2D eigenvalue weighted by atomic mass is 10.1. The fourth-order valence-corrected chi connectivity index (χ4v) is 6.34. The van der Waals surface area contributed by atoms with Crippen LogP contribution in [0.15, 0.2) is 65.7 Å². The van der Waals surface area contributed by atoms with Gasteiger partial charge in [-0.2, -0.15) is 4.31 Å². The maximum Gasteiger partial charge on any atom is 0.243 e. The first kappa shape index (κ1) is 21.4. The number of pyridine rings is 1. The minimum Gasteiger partial charge on any atom is -0.454 e. The Bertz CT molecular complexity index is 1500. The molecule has 174 valence electrons. The van der Waals surface area contributed by atoms with Gasteiger partial charge in [0, 0.05) is 37.0 Å². The zero-order chi connectivity index (χ0) is 23.3. The minimum atomic E-state index is -3.65. The Balaban J connectivity index is 1.31. The van der Waals surface area contributed by atoms with Gasteiger partial charge in [0.1, 0.15) is 11.3 Å². The monoisotopic (exact) mass is 496 g/mol. The SMILES string of the molecule is O=S(=O)(c1ccc2c(c1)OCO2)N1CCC(n2c(-c3ccccc3Cl)nc3cccnc32)CC1. The first-order valence-corrected chi connectivity index (χ1v) is 12.8. The smallest absolute Gasteiger partial charge is 0.243 e. The van der Waals surface area contributed by atoms with Crippen LogP contribution in [-0.2, 0) is 10.0 Å². The first-order valence-electron chi connectivity index (χ1n) is 11.0. The Morgan fingerprint density at radius 3 is 2.59 bits per heavy atom. The van der Waals surface area contributed by atoms with E-state index in [9.17, 15) is 8.42 Å². The lowest BCUT2D eigenvalue weighted by molar-refractivity contribution is 0.174. The first-order chi connectivity index (χ1) is 16.5. The molecule has 34 heavy (non-hydrogen) atoms. The second kappa shape index (κ2) is 8.26. The van der Waals surface area contributed by atoms with E-state index in [4.69, 9.17) is 26.1 Å². The summed E-state index contributed by atoms with van der Waals surface area (Å²) in [5.41, 5.74) is 2.39. The molecule has 0 bridgehead atoms. The normalized spacial score (nSPS) is 16.9. The summed E-state index contributed by atoms with van der Waals surface area (Å²) in [6.45, 7) is 0.872. The Hall–Kier alpha value is -3.14. The molecule has 4 aromatic rings. The van der Waals surface area contributed by atoms with Crippen molar-refractivity contribution < 1.29 is 17.9 Å². The van der Waals surface area contributed by atoms with Gasteiger partial charge >= 0.3 is 0 Å². The van der Waals surface area contributed by atoms with Gasteiger partial charge in [0.05, 0.1) is 9.92 Å². The van der Waals surface area contributed by atoms with Crippen LogP contribution in [0.5, 0.6) is 11.5 Å². The van der Waals surface area contributed by atoms with Gasteiger partial charge in [-0.15, -0.1) is 0 Å². The van der Waals surface area contributed by atoms with E-state index in [0.717, 1.165) is 22.6 Å². The van der Waals surface area contributed by atoms with E-state index >= 15 is 0 Å². The molecule has 2 aromatic carbocycles. The highest BCUT2D eigenvalue weighted by Gasteiger charge is 2.33. The number of hydrogen-bond donors (Lipinski definition) is 0. The molecule has 2 aliphatic rings. The van der Waals surface area contributed by atoms with Crippen molar-refractivity contribution in [1.29, 1.82) is 0 Å². The van der Waals surface area contributed by atoms with Crippen molar-refractivity contribution in [2.75, 3.05) is 19.9 Å². The number of halogens is 1. The number of piperidine rings is 1. The molecule has 0 radical (unpaired) electrons. The summed E-state index contributed by atoms with van der Waals surface area (Å²) in [6.07, 6.45) is 3.00. The van der Waals surface area contributed by atoms with Gasteiger partial charge in [0.15, 0.2) is 17.1 Å². The van der Waals surface area contributed by atoms with Crippen LogP contribution in [0.25, 0.3) is 22.6 Å². The maximum atomic E-state index is 13.3. The van der Waals surface area contributed by atoms with Crippen LogP contribution >= 0.6 is 11.6 Å². The molecule has 0 amide bonds. The van der Waals surface area contributed by atoms with Crippen molar-refractivity contribution in [2.24, 2.45) is 0 Å². The highest BCUT2D eigenvalue weighted by atomic mass is 35.5. The standard InChI is InChI=1S/C24H21ClN4O4S/c25-19-5-2-1-4-18(19)23-27-20-6-3-11-26-24(20)29(23)16-9-12-28(13-10-16)34(30,31)17-7-8-21-22(14-17)33-15-32-21/h1-8,11,14,16H,9-10,12-13,15H2. The molecule has 0 spiro atoms. The number of rotatable bonds is 4. The second-order valence-electron chi connectivity index (χ2n) is 8.28. The summed E-state index contributed by atoms with van der Waals surface area (Å²) in [5.74, 6) is 1.76. The molecule has 1 fully saturated rings. The Labute approximate surface area is 201 Å². The summed E-state index contributed by atoms with van der Waals surface area (Å²) < 4.78 is 40.9. The van der Waals surface area contributed by atoms with Crippen molar-refractivity contribution in [3.05, 3.63) is 65.8 Å². The quantitative estimate of drug-likeness (QED) is 0.413. The van der Waals surface area contributed by atoms with Crippen molar-refractivity contribution in [3.8, 4) is 22.9 Å². The Morgan fingerprint density at radius 2 is 1.76 bits per heavy atom. The molecular weight excluding hydrogens is 476 g/mol. The molecule has 2 aromatic heterocycles. The second-order valence-corrected chi connectivity index (χ2v) is 10.6. The molecule has 0 atom stereocenters. The number of benzene rings is 2. The van der Waals surface area contributed by atoms with E-state index in [1.54, 1.807) is 18.3 Å². The number of fused-ring (bicyclic) bond motifs is 2. The van der Waals surface area contributed by atoms with E-state index < -0.39 is 10.0 Å². The van der Waals surface area contributed by atoms with Crippen LogP contribution < -0.4 is 9.47 Å². The van der Waals surface area contributed by atoms with Crippen molar-refractivity contribution in [1.82, 2.24) is 18.8 Å². The van der Waals surface area contributed by atoms with Gasteiger partial charge in [0.25, 0.3) is 0 Å². The number of hydrogen-bond acceptors (Lipinski definition) is 6. The van der Waals surface area contributed by atoms with Gasteiger partial charge in [-0.1, -0.05) is 23.7 Å². The van der Waals surface area contributed by atoms with Crippen LogP contribution in [0.4, 0.5) is 0 Å². The summed E-state index contributed by atoms with van der Waals surface area (Å²) in [7, 11) is -3.65. The van der Waals surface area contributed by atoms with E-state index in [-0.39, 0.29) is 17.7 Å².